The van der Waals surface area contributed by atoms with Gasteiger partial charge in [-0.25, -0.2) is 4.98 Å². The van der Waals surface area contributed by atoms with Crippen molar-refractivity contribution in [3.05, 3.63) is 127 Å². The average molecular weight is 427 g/mol. The first kappa shape index (κ1) is 18.8. The van der Waals surface area contributed by atoms with Gasteiger partial charge in [-0.05, 0) is 33.8 Å². The molecule has 152 valence electrons. The Morgan fingerprint density at radius 2 is 0.969 bits per heavy atom. The number of fused-ring (bicyclic) bond motifs is 3. The maximum Gasteiger partial charge on any atom is 0.201 e. The molecule has 0 fully saturated rings. The molecule has 4 aromatic carbocycles. The molecule has 0 spiro atoms. The summed E-state index contributed by atoms with van der Waals surface area (Å²) in [6, 6.07) is 45.7. The molecule has 0 bridgehead atoms. The monoisotopic (exact) mass is 426 g/mol. The lowest BCUT2D eigenvalue weighted by Crippen LogP contribution is -2.75. The van der Waals surface area contributed by atoms with E-state index in [2.05, 4.69) is 132 Å². The van der Waals surface area contributed by atoms with Crippen molar-refractivity contribution in [1.29, 1.82) is 0 Å². The van der Waals surface area contributed by atoms with E-state index in [9.17, 15) is 0 Å². The number of aromatic amines is 1. The van der Waals surface area contributed by atoms with Crippen molar-refractivity contribution >= 4 is 50.9 Å². The molecule has 0 unspecified atom stereocenters. The minimum absolute atomic E-state index is 0.948. The molecule has 0 saturated carbocycles. The first-order chi connectivity index (χ1) is 15.9. The third kappa shape index (κ3) is 2.83. The summed E-state index contributed by atoms with van der Waals surface area (Å²) in [4.78, 5) is 8.88. The Balaban J connectivity index is 1.73. The lowest BCUT2D eigenvalue weighted by atomic mass is 10.2. The number of aromatic nitrogens is 2. The lowest BCUT2D eigenvalue weighted by molar-refractivity contribution is 1.38. The Morgan fingerprint density at radius 1 is 0.469 bits per heavy atom. The standard InChI is InChI=1S/C29H22N2Si/c1-4-12-22(13-5-1)32(23-14-6-2-7-15-23,24-16-8-3-9-17-24)28-21-20-26-25-18-10-11-19-27(25)30-29(26)31-28/h1-21H,(H,30,31). The fraction of sp³-hybridized carbons (Fsp3) is 0. The number of nitrogens with one attached hydrogen (secondary N) is 1. The van der Waals surface area contributed by atoms with Crippen molar-refractivity contribution < 1.29 is 0 Å². The number of para-hydroxylation sites is 1. The van der Waals surface area contributed by atoms with E-state index >= 15 is 0 Å². The van der Waals surface area contributed by atoms with Gasteiger partial charge in [0.15, 0.2) is 0 Å². The zero-order valence-corrected chi connectivity index (χ0v) is 18.6. The van der Waals surface area contributed by atoms with Gasteiger partial charge in [-0.3, -0.25) is 0 Å². The molecule has 2 aromatic heterocycles. The van der Waals surface area contributed by atoms with E-state index in [0.717, 1.165) is 16.5 Å². The Morgan fingerprint density at radius 3 is 1.53 bits per heavy atom. The van der Waals surface area contributed by atoms with Crippen LogP contribution >= 0.6 is 0 Å². The van der Waals surface area contributed by atoms with E-state index in [1.165, 1.54) is 26.3 Å². The largest absolute Gasteiger partial charge is 0.339 e. The Labute approximate surface area is 188 Å². The highest BCUT2D eigenvalue weighted by molar-refractivity contribution is 7.19. The third-order valence-electron chi connectivity index (χ3n) is 6.37. The summed E-state index contributed by atoms with van der Waals surface area (Å²) < 4.78 is 0. The lowest BCUT2D eigenvalue weighted by Gasteiger charge is -2.33. The van der Waals surface area contributed by atoms with Crippen LogP contribution in [0.1, 0.15) is 0 Å². The predicted molar refractivity (Wildman–Crippen MR) is 137 cm³/mol. The van der Waals surface area contributed by atoms with Gasteiger partial charge in [0.05, 0.1) is 0 Å². The molecule has 0 saturated heterocycles. The van der Waals surface area contributed by atoms with Crippen LogP contribution < -0.4 is 20.9 Å². The zero-order chi connectivity index (χ0) is 21.4. The van der Waals surface area contributed by atoms with Crippen LogP contribution in [-0.4, -0.2) is 18.0 Å². The van der Waals surface area contributed by atoms with E-state index in [-0.39, 0.29) is 0 Å². The second-order valence-electron chi connectivity index (χ2n) is 8.11. The van der Waals surface area contributed by atoms with Gasteiger partial charge in [0, 0.05) is 21.6 Å². The summed E-state index contributed by atoms with van der Waals surface area (Å²) in [6.07, 6.45) is 0. The molecular formula is C29H22N2Si. The zero-order valence-electron chi connectivity index (χ0n) is 17.6. The molecule has 0 aliphatic heterocycles. The fourth-order valence-electron chi connectivity index (χ4n) is 4.94. The van der Waals surface area contributed by atoms with Crippen molar-refractivity contribution in [3.63, 3.8) is 0 Å². The quantitative estimate of drug-likeness (QED) is 0.334. The van der Waals surface area contributed by atoms with Crippen molar-refractivity contribution in [3.8, 4) is 0 Å². The summed E-state index contributed by atoms with van der Waals surface area (Å²) >= 11 is 0. The van der Waals surface area contributed by atoms with Gasteiger partial charge in [0.2, 0.25) is 8.07 Å². The van der Waals surface area contributed by atoms with E-state index in [1.54, 1.807) is 0 Å². The summed E-state index contributed by atoms with van der Waals surface area (Å²) in [6.45, 7) is 0. The highest BCUT2D eigenvalue weighted by Crippen LogP contribution is 2.23. The van der Waals surface area contributed by atoms with Crippen LogP contribution in [0.15, 0.2) is 127 Å². The highest BCUT2D eigenvalue weighted by Gasteiger charge is 2.42. The topological polar surface area (TPSA) is 28.7 Å². The minimum Gasteiger partial charge on any atom is -0.339 e. The Hall–Kier alpha value is -3.95. The number of pyridine rings is 1. The second kappa shape index (κ2) is 7.63. The molecule has 0 radical (unpaired) electrons. The number of H-pyrrole nitrogens is 1. The van der Waals surface area contributed by atoms with Crippen LogP contribution in [0.2, 0.25) is 0 Å². The minimum atomic E-state index is -2.60. The molecule has 0 aliphatic carbocycles. The Kier molecular flexibility index (Phi) is 4.48. The van der Waals surface area contributed by atoms with Crippen LogP contribution in [0.3, 0.4) is 0 Å². The van der Waals surface area contributed by atoms with Gasteiger partial charge in [0.25, 0.3) is 0 Å². The Bertz CT molecular complexity index is 1410. The fourth-order valence-corrected chi connectivity index (χ4v) is 9.52. The average Bonchev–Trinajstić information content (AvgIpc) is 3.25. The molecule has 2 nitrogen and oxygen atoms in total. The molecular weight excluding hydrogens is 404 g/mol. The summed E-state index contributed by atoms with van der Waals surface area (Å²) in [7, 11) is -2.60. The number of rotatable bonds is 4. The number of hydrogen-bond acceptors (Lipinski definition) is 1. The van der Waals surface area contributed by atoms with E-state index in [0.29, 0.717) is 0 Å². The van der Waals surface area contributed by atoms with Gasteiger partial charge in [-0.2, -0.15) is 0 Å². The molecule has 1 N–H and O–H groups in total. The molecule has 6 aromatic rings. The first-order valence-corrected chi connectivity index (χ1v) is 12.9. The van der Waals surface area contributed by atoms with E-state index < -0.39 is 8.07 Å². The molecule has 6 rings (SSSR count). The smallest absolute Gasteiger partial charge is 0.201 e. The maximum absolute atomic E-state index is 5.32. The van der Waals surface area contributed by atoms with Crippen LogP contribution in [-0.2, 0) is 0 Å². The van der Waals surface area contributed by atoms with Crippen LogP contribution in [0.4, 0.5) is 0 Å². The third-order valence-corrected chi connectivity index (χ3v) is 11.0. The number of hydrogen-bond donors (Lipinski definition) is 1. The SMILES string of the molecule is c1ccc([Si](c2ccccc2)(c2ccccc2)c2ccc3c(n2)[nH]c2ccccc23)cc1. The van der Waals surface area contributed by atoms with Crippen LogP contribution in [0.5, 0.6) is 0 Å². The highest BCUT2D eigenvalue weighted by atomic mass is 28.3. The van der Waals surface area contributed by atoms with E-state index in [1.807, 2.05) is 0 Å². The second-order valence-corrected chi connectivity index (χ2v) is 11.9. The van der Waals surface area contributed by atoms with Crippen molar-refractivity contribution in [1.82, 2.24) is 9.97 Å². The summed E-state index contributed by atoms with van der Waals surface area (Å²) in [5.74, 6) is 0. The number of benzene rings is 4. The summed E-state index contributed by atoms with van der Waals surface area (Å²) in [5, 5.41) is 7.52. The van der Waals surface area contributed by atoms with Gasteiger partial charge >= 0.3 is 0 Å². The van der Waals surface area contributed by atoms with Crippen molar-refractivity contribution in [2.24, 2.45) is 0 Å². The normalized spacial score (nSPS) is 11.8. The maximum atomic E-state index is 5.32. The number of nitrogens with zero attached hydrogens (tertiary/aromatic N) is 1. The molecule has 2 heterocycles. The van der Waals surface area contributed by atoms with Gasteiger partial charge in [-0.15, -0.1) is 0 Å². The molecule has 3 heteroatoms. The molecule has 0 aliphatic rings. The van der Waals surface area contributed by atoms with Crippen molar-refractivity contribution in [2.75, 3.05) is 0 Å². The van der Waals surface area contributed by atoms with Gasteiger partial charge in [0.1, 0.15) is 5.65 Å². The van der Waals surface area contributed by atoms with Gasteiger partial charge < -0.3 is 4.98 Å². The van der Waals surface area contributed by atoms with E-state index in [4.69, 9.17) is 4.98 Å². The van der Waals surface area contributed by atoms with Crippen molar-refractivity contribution in [2.45, 2.75) is 0 Å². The molecule has 0 atom stereocenters. The predicted octanol–water partition coefficient (Wildman–Crippen LogP) is 4.09. The molecule has 0 amide bonds. The van der Waals surface area contributed by atoms with Gasteiger partial charge in [-0.1, -0.05) is 109 Å². The van der Waals surface area contributed by atoms with Crippen LogP contribution in [0, 0.1) is 0 Å². The first-order valence-electron chi connectivity index (χ1n) is 10.9. The molecule has 32 heavy (non-hydrogen) atoms. The summed E-state index contributed by atoms with van der Waals surface area (Å²) in [5.41, 5.74) is 2.07. The van der Waals surface area contributed by atoms with Crippen LogP contribution in [0.25, 0.3) is 21.9 Å².